The monoisotopic (exact) mass is 654 g/mol. The molecule has 1 atom stereocenters. The SMILES string of the molecule is COC(=O)C1=C(C2CCN(S(=O)(=O)C3CC(C)(C(=O)O)C3)CC2)NC(c2nccs2)=N[C@@H]1c1ccc(F)cc1Br. The van der Waals surface area contributed by atoms with Gasteiger partial charge in [-0.2, -0.15) is 0 Å². The first-order valence-corrected chi connectivity index (χ1v) is 15.9. The Bertz CT molecular complexity index is 1500. The standard InChI is InChI=1S/C26H28BrFN4O6S2/c1-26(25(34)35)12-16(13-26)40(36,37)32-8-5-14(6-9-32)20-19(24(33)38-2)21(17-4-3-15(28)11-18(17)27)31-22(30-20)23-29-7-10-39-23/h3-4,7,10-11,14,16,21H,5-6,8-9,12-13H2,1-2H3,(H,30,31)(H,34,35)/t16?,21-,26?/m1/s1. The van der Waals surface area contributed by atoms with E-state index in [1.54, 1.807) is 24.6 Å². The van der Waals surface area contributed by atoms with Crippen molar-refractivity contribution in [3.8, 4) is 0 Å². The van der Waals surface area contributed by atoms with E-state index in [1.165, 1.54) is 34.9 Å². The van der Waals surface area contributed by atoms with Crippen LogP contribution in [0.1, 0.15) is 49.2 Å². The molecule has 0 amide bonds. The third-order valence-corrected chi connectivity index (χ3v) is 11.6. The molecule has 0 unspecified atom stereocenters. The fraction of sp³-hybridized carbons (Fsp3) is 0.462. The van der Waals surface area contributed by atoms with Crippen molar-refractivity contribution in [2.45, 2.75) is 43.9 Å². The number of carboxylic acids is 1. The Kier molecular flexibility index (Phi) is 7.89. The number of aliphatic imine (C=N–C) groups is 1. The summed E-state index contributed by atoms with van der Waals surface area (Å²) < 4.78 is 47.5. The number of benzene rings is 1. The number of hydrogen-bond donors (Lipinski definition) is 2. The maximum absolute atomic E-state index is 13.9. The Morgan fingerprint density at radius 3 is 2.55 bits per heavy atom. The first kappa shape index (κ1) is 28.8. The maximum Gasteiger partial charge on any atom is 0.338 e. The number of rotatable bonds is 7. The Morgan fingerprint density at radius 1 is 1.27 bits per heavy atom. The van der Waals surface area contributed by atoms with Crippen LogP contribution in [-0.2, 0) is 24.3 Å². The van der Waals surface area contributed by atoms with Gasteiger partial charge in [-0.15, -0.1) is 11.3 Å². The molecule has 1 saturated carbocycles. The second-order valence-electron chi connectivity index (χ2n) is 10.4. The molecule has 214 valence electrons. The van der Waals surface area contributed by atoms with Crippen LogP contribution >= 0.6 is 27.3 Å². The van der Waals surface area contributed by atoms with Crippen molar-refractivity contribution in [2.24, 2.45) is 16.3 Å². The molecule has 1 aliphatic carbocycles. The number of carbonyl (C=O) groups is 2. The van der Waals surface area contributed by atoms with E-state index in [-0.39, 0.29) is 37.4 Å². The molecule has 2 fully saturated rings. The van der Waals surface area contributed by atoms with Crippen LogP contribution in [0.15, 0.2) is 50.5 Å². The first-order valence-electron chi connectivity index (χ1n) is 12.7. The molecule has 1 aromatic carbocycles. The van der Waals surface area contributed by atoms with Crippen molar-refractivity contribution in [1.82, 2.24) is 14.6 Å². The number of esters is 1. The quantitative estimate of drug-likeness (QED) is 0.429. The number of amidine groups is 1. The van der Waals surface area contributed by atoms with Gasteiger partial charge in [-0.3, -0.25) is 9.79 Å². The Morgan fingerprint density at radius 2 is 1.98 bits per heavy atom. The molecular weight excluding hydrogens is 627 g/mol. The van der Waals surface area contributed by atoms with Gasteiger partial charge in [0, 0.05) is 40.8 Å². The van der Waals surface area contributed by atoms with Crippen molar-refractivity contribution in [2.75, 3.05) is 20.2 Å². The molecule has 1 aromatic heterocycles. The number of ether oxygens (including phenoxy) is 1. The van der Waals surface area contributed by atoms with E-state index in [0.717, 1.165) is 0 Å². The van der Waals surface area contributed by atoms with Gasteiger partial charge < -0.3 is 15.2 Å². The molecule has 10 nitrogen and oxygen atoms in total. The minimum absolute atomic E-state index is 0.0889. The molecule has 2 aromatic rings. The summed E-state index contributed by atoms with van der Waals surface area (Å²) in [5.74, 6) is -1.79. The number of allylic oxidation sites excluding steroid dienone is 1. The van der Waals surface area contributed by atoms with Gasteiger partial charge in [0.1, 0.15) is 11.9 Å². The number of methoxy groups -OCH3 is 1. The van der Waals surface area contributed by atoms with Crippen molar-refractivity contribution >= 4 is 55.1 Å². The highest BCUT2D eigenvalue weighted by molar-refractivity contribution is 9.10. The molecule has 2 aliphatic heterocycles. The highest BCUT2D eigenvalue weighted by Crippen LogP contribution is 2.46. The van der Waals surface area contributed by atoms with Crippen molar-refractivity contribution in [3.05, 3.63) is 61.9 Å². The number of aliphatic carboxylic acids is 1. The summed E-state index contributed by atoms with van der Waals surface area (Å²) in [6, 6.07) is 3.36. The average molecular weight is 656 g/mol. The Labute approximate surface area is 243 Å². The number of thiazole rings is 1. The van der Waals surface area contributed by atoms with Crippen molar-refractivity contribution in [1.29, 1.82) is 0 Å². The van der Waals surface area contributed by atoms with Gasteiger partial charge in [0.15, 0.2) is 10.8 Å². The van der Waals surface area contributed by atoms with Crippen LogP contribution in [-0.4, -0.2) is 66.0 Å². The third-order valence-electron chi connectivity index (χ3n) is 7.89. The van der Waals surface area contributed by atoms with E-state index in [9.17, 15) is 27.5 Å². The predicted octanol–water partition coefficient (Wildman–Crippen LogP) is 3.86. The molecule has 0 spiro atoms. The van der Waals surface area contributed by atoms with E-state index in [2.05, 4.69) is 26.2 Å². The van der Waals surface area contributed by atoms with Crippen LogP contribution in [0.2, 0.25) is 0 Å². The lowest BCUT2D eigenvalue weighted by molar-refractivity contribution is -0.152. The largest absolute Gasteiger partial charge is 0.481 e. The van der Waals surface area contributed by atoms with E-state index < -0.39 is 44.5 Å². The predicted molar refractivity (Wildman–Crippen MR) is 150 cm³/mol. The zero-order valence-electron chi connectivity index (χ0n) is 21.8. The minimum atomic E-state index is -3.66. The molecule has 3 aliphatic rings. The van der Waals surface area contributed by atoms with Gasteiger partial charge in [0.2, 0.25) is 10.0 Å². The van der Waals surface area contributed by atoms with Crippen LogP contribution < -0.4 is 5.32 Å². The molecule has 14 heteroatoms. The van der Waals surface area contributed by atoms with Crippen LogP contribution in [0.5, 0.6) is 0 Å². The number of hydrogen-bond acceptors (Lipinski definition) is 9. The topological polar surface area (TPSA) is 138 Å². The van der Waals surface area contributed by atoms with Crippen molar-refractivity contribution < 1.29 is 32.2 Å². The molecule has 0 bridgehead atoms. The second kappa shape index (κ2) is 11.0. The van der Waals surface area contributed by atoms with Crippen LogP contribution in [0.3, 0.4) is 0 Å². The van der Waals surface area contributed by atoms with Gasteiger partial charge in [-0.05, 0) is 50.3 Å². The number of sulfonamides is 1. The highest BCUT2D eigenvalue weighted by atomic mass is 79.9. The first-order chi connectivity index (χ1) is 18.9. The molecular formula is C26H28BrFN4O6S2. The summed E-state index contributed by atoms with van der Waals surface area (Å²) in [4.78, 5) is 33.8. The van der Waals surface area contributed by atoms with Gasteiger partial charge in [-0.25, -0.2) is 26.9 Å². The zero-order chi connectivity index (χ0) is 28.8. The Hall–Kier alpha value is -2.68. The Balaban J connectivity index is 1.45. The number of nitrogens with zero attached hydrogens (tertiary/aromatic N) is 3. The number of carbonyl (C=O) groups excluding carboxylic acids is 1. The third kappa shape index (κ3) is 5.21. The van der Waals surface area contributed by atoms with E-state index >= 15 is 0 Å². The van der Waals surface area contributed by atoms with Gasteiger partial charge in [0.05, 0.1) is 23.3 Å². The number of aromatic nitrogens is 1. The lowest BCUT2D eigenvalue weighted by Gasteiger charge is -2.44. The summed E-state index contributed by atoms with van der Waals surface area (Å²) >= 11 is 4.78. The van der Waals surface area contributed by atoms with E-state index in [0.29, 0.717) is 39.4 Å². The lowest BCUT2D eigenvalue weighted by Crippen LogP contribution is -2.54. The molecule has 40 heavy (non-hydrogen) atoms. The van der Waals surface area contributed by atoms with Crippen LogP contribution in [0, 0.1) is 17.2 Å². The fourth-order valence-electron chi connectivity index (χ4n) is 5.56. The second-order valence-corrected chi connectivity index (χ2v) is 14.4. The minimum Gasteiger partial charge on any atom is -0.481 e. The molecule has 2 N–H and O–H groups in total. The highest BCUT2D eigenvalue weighted by Gasteiger charge is 2.53. The van der Waals surface area contributed by atoms with E-state index in [4.69, 9.17) is 9.73 Å². The summed E-state index contributed by atoms with van der Waals surface area (Å²) in [6.45, 7) is 2.02. The molecule has 1 saturated heterocycles. The molecule has 3 heterocycles. The summed E-state index contributed by atoms with van der Waals surface area (Å²) in [5.41, 5.74) is 0.402. The van der Waals surface area contributed by atoms with Crippen molar-refractivity contribution in [3.63, 3.8) is 0 Å². The van der Waals surface area contributed by atoms with E-state index in [1.807, 2.05) is 0 Å². The fourth-order valence-corrected chi connectivity index (χ4v) is 9.01. The molecule has 0 radical (unpaired) electrons. The normalized spacial score (nSPS) is 26.1. The zero-order valence-corrected chi connectivity index (χ0v) is 25.0. The smallest absolute Gasteiger partial charge is 0.338 e. The van der Waals surface area contributed by atoms with Gasteiger partial charge >= 0.3 is 11.9 Å². The number of halogens is 2. The van der Waals surface area contributed by atoms with Crippen LogP contribution in [0.25, 0.3) is 0 Å². The number of nitrogens with one attached hydrogen (secondary N) is 1. The molecule has 5 rings (SSSR count). The summed E-state index contributed by atoms with van der Waals surface area (Å²) in [6.07, 6.45) is 2.67. The average Bonchev–Trinajstić information content (AvgIpc) is 3.45. The van der Waals surface area contributed by atoms with Crippen LogP contribution in [0.4, 0.5) is 4.39 Å². The maximum atomic E-state index is 13.9. The lowest BCUT2D eigenvalue weighted by atomic mass is 9.70. The summed E-state index contributed by atoms with van der Waals surface area (Å²) in [7, 11) is -2.38. The van der Waals surface area contributed by atoms with Gasteiger partial charge in [0.25, 0.3) is 0 Å². The van der Waals surface area contributed by atoms with Gasteiger partial charge in [-0.1, -0.05) is 22.0 Å². The number of carboxylic acid groups (broad SMARTS) is 1. The summed E-state index contributed by atoms with van der Waals surface area (Å²) in [5, 5.41) is 14.4. The number of piperidine rings is 1.